The highest BCUT2D eigenvalue weighted by Gasteiger charge is 2.34. The van der Waals surface area contributed by atoms with Crippen LogP contribution in [0.2, 0.25) is 0 Å². The maximum Gasteiger partial charge on any atom is 0.202 e. The van der Waals surface area contributed by atoms with Crippen LogP contribution in [0.5, 0.6) is 5.75 Å². The summed E-state index contributed by atoms with van der Waals surface area (Å²) in [7, 11) is 0. The van der Waals surface area contributed by atoms with Gasteiger partial charge in [-0.1, -0.05) is 68.7 Å². The summed E-state index contributed by atoms with van der Waals surface area (Å²) in [6, 6.07) is 19.3. The number of hydrogen-bond donors (Lipinski definition) is 1. The van der Waals surface area contributed by atoms with Crippen molar-refractivity contribution in [1.82, 2.24) is 4.98 Å². The van der Waals surface area contributed by atoms with Gasteiger partial charge in [0.2, 0.25) is 5.89 Å². The van der Waals surface area contributed by atoms with Crippen LogP contribution in [-0.2, 0) is 6.54 Å². The average molecular weight is 474 g/mol. The smallest absolute Gasteiger partial charge is 0.202 e. The molecule has 5 rings (SSSR count). The molecule has 4 unspecified atom stereocenters. The normalized spacial score (nSPS) is 24.2. The van der Waals surface area contributed by atoms with Gasteiger partial charge in [-0.25, -0.2) is 4.98 Å². The first-order valence-corrected chi connectivity index (χ1v) is 13.8. The number of piperidine rings is 1. The van der Waals surface area contributed by atoms with E-state index in [4.69, 9.17) is 14.1 Å². The number of quaternary nitrogens is 1. The van der Waals surface area contributed by atoms with E-state index >= 15 is 0 Å². The lowest BCUT2D eigenvalue weighted by molar-refractivity contribution is -0.923. The van der Waals surface area contributed by atoms with Gasteiger partial charge in [-0.15, -0.1) is 0 Å². The molecule has 0 spiro atoms. The van der Waals surface area contributed by atoms with Crippen molar-refractivity contribution in [1.29, 1.82) is 0 Å². The summed E-state index contributed by atoms with van der Waals surface area (Å²) in [5, 5.41) is 0. The number of nitrogens with one attached hydrogen (secondary N) is 1. The van der Waals surface area contributed by atoms with Crippen LogP contribution in [0.4, 0.5) is 0 Å². The third-order valence-electron chi connectivity index (χ3n) is 8.23. The van der Waals surface area contributed by atoms with E-state index in [0.717, 1.165) is 43.5 Å². The van der Waals surface area contributed by atoms with Gasteiger partial charge < -0.3 is 14.1 Å². The SMILES string of the molecule is CCC1CC[NH+](Cc2cnc(C(c3ccccc3)C3CCCCC3)o2)CC1Oc1cccc(C)c1. The van der Waals surface area contributed by atoms with Crippen molar-refractivity contribution in [2.45, 2.75) is 77.4 Å². The molecule has 2 aromatic carbocycles. The van der Waals surface area contributed by atoms with E-state index in [1.165, 1.54) is 54.6 Å². The number of ether oxygens (including phenoxy) is 1. The Balaban J connectivity index is 1.29. The molecule has 1 N–H and O–H groups in total. The molecule has 1 aromatic heterocycles. The summed E-state index contributed by atoms with van der Waals surface area (Å²) in [6.07, 6.45) is 11.1. The topological polar surface area (TPSA) is 39.7 Å². The Labute approximate surface area is 210 Å². The molecule has 4 heteroatoms. The Hall–Kier alpha value is -2.59. The molecule has 4 nitrogen and oxygen atoms in total. The first-order valence-electron chi connectivity index (χ1n) is 13.8. The van der Waals surface area contributed by atoms with Crippen molar-refractivity contribution in [2.75, 3.05) is 13.1 Å². The van der Waals surface area contributed by atoms with Crippen molar-refractivity contribution in [3.8, 4) is 5.75 Å². The predicted octanol–water partition coefficient (Wildman–Crippen LogP) is 5.96. The van der Waals surface area contributed by atoms with Crippen LogP contribution in [0, 0.1) is 18.8 Å². The number of aryl methyl sites for hydroxylation is 1. The first kappa shape index (κ1) is 24.1. The van der Waals surface area contributed by atoms with Gasteiger partial charge in [0.25, 0.3) is 0 Å². The molecule has 1 aliphatic carbocycles. The Bertz CT molecular complexity index is 1060. The fourth-order valence-electron chi connectivity index (χ4n) is 6.30. The fourth-order valence-corrected chi connectivity index (χ4v) is 6.30. The molecule has 1 aliphatic heterocycles. The van der Waals surface area contributed by atoms with Crippen LogP contribution >= 0.6 is 0 Å². The number of rotatable bonds is 8. The maximum atomic E-state index is 6.52. The molecular weight excluding hydrogens is 432 g/mol. The molecule has 0 radical (unpaired) electrons. The standard InChI is InChI=1S/C31H40N2O2/c1-3-24-17-18-33(22-29(24)34-27-16-10-11-23(2)19-27)21-28-20-32-31(35-28)30(25-12-6-4-7-13-25)26-14-8-5-9-15-26/h4,6-7,10-13,16,19-20,24,26,29-30H,3,5,8-9,14-15,17-18,21-22H2,1-2H3/p+1. The second-order valence-corrected chi connectivity index (χ2v) is 10.8. The van der Waals surface area contributed by atoms with E-state index in [-0.39, 0.29) is 12.0 Å². The maximum absolute atomic E-state index is 6.52. The monoisotopic (exact) mass is 473 g/mol. The van der Waals surface area contributed by atoms with Gasteiger partial charge in [-0.05, 0) is 55.4 Å². The second-order valence-electron chi connectivity index (χ2n) is 10.8. The molecule has 2 heterocycles. The lowest BCUT2D eigenvalue weighted by Gasteiger charge is -2.35. The lowest BCUT2D eigenvalue weighted by Crippen LogP contribution is -3.13. The minimum Gasteiger partial charge on any atom is -0.484 e. The molecule has 2 aliphatic rings. The molecule has 1 saturated carbocycles. The summed E-state index contributed by atoms with van der Waals surface area (Å²) in [4.78, 5) is 6.38. The van der Waals surface area contributed by atoms with Crippen LogP contribution in [-0.4, -0.2) is 24.2 Å². The summed E-state index contributed by atoms with van der Waals surface area (Å²) in [5.74, 6) is 4.42. The first-order chi connectivity index (χ1) is 17.2. The minimum absolute atomic E-state index is 0.243. The van der Waals surface area contributed by atoms with E-state index in [1.807, 2.05) is 6.20 Å². The van der Waals surface area contributed by atoms with E-state index < -0.39 is 0 Å². The fraction of sp³-hybridized carbons (Fsp3) is 0.516. The van der Waals surface area contributed by atoms with Gasteiger partial charge in [0.05, 0.1) is 18.7 Å². The van der Waals surface area contributed by atoms with Crippen molar-refractivity contribution in [2.24, 2.45) is 11.8 Å². The van der Waals surface area contributed by atoms with Crippen LogP contribution in [0.15, 0.2) is 65.2 Å². The zero-order chi connectivity index (χ0) is 24.0. The number of hydrogen-bond acceptors (Lipinski definition) is 3. The Morgan fingerprint density at radius 3 is 2.63 bits per heavy atom. The molecule has 3 aromatic rings. The van der Waals surface area contributed by atoms with Gasteiger partial charge in [0.1, 0.15) is 18.8 Å². The second kappa shape index (κ2) is 11.4. The minimum atomic E-state index is 0.243. The highest BCUT2D eigenvalue weighted by atomic mass is 16.5. The number of likely N-dealkylation sites (tertiary alicyclic amines) is 1. The van der Waals surface area contributed by atoms with Gasteiger partial charge in [0.15, 0.2) is 11.9 Å². The zero-order valence-corrected chi connectivity index (χ0v) is 21.4. The van der Waals surface area contributed by atoms with Crippen molar-refractivity contribution >= 4 is 0 Å². The van der Waals surface area contributed by atoms with Crippen LogP contribution in [0.25, 0.3) is 0 Å². The largest absolute Gasteiger partial charge is 0.484 e. The van der Waals surface area contributed by atoms with Crippen molar-refractivity contribution < 1.29 is 14.1 Å². The molecular formula is C31H41N2O2+. The van der Waals surface area contributed by atoms with Crippen LogP contribution in [0.3, 0.4) is 0 Å². The lowest BCUT2D eigenvalue weighted by atomic mass is 9.77. The molecule has 4 atom stereocenters. The van der Waals surface area contributed by atoms with Gasteiger partial charge in [-0.2, -0.15) is 0 Å². The van der Waals surface area contributed by atoms with Gasteiger partial charge in [-0.3, -0.25) is 0 Å². The number of oxazole rings is 1. The quantitative estimate of drug-likeness (QED) is 0.439. The number of benzene rings is 2. The molecule has 0 amide bonds. The van der Waals surface area contributed by atoms with Crippen LogP contribution in [0.1, 0.15) is 80.6 Å². The third-order valence-corrected chi connectivity index (χ3v) is 8.23. The zero-order valence-electron chi connectivity index (χ0n) is 21.4. The van der Waals surface area contributed by atoms with Crippen LogP contribution < -0.4 is 9.64 Å². The third kappa shape index (κ3) is 5.98. The van der Waals surface area contributed by atoms with E-state index in [0.29, 0.717) is 11.8 Å². The Morgan fingerprint density at radius 2 is 1.86 bits per heavy atom. The summed E-state index contributed by atoms with van der Waals surface area (Å²) < 4.78 is 13.0. The summed E-state index contributed by atoms with van der Waals surface area (Å²) in [5.41, 5.74) is 2.59. The molecule has 1 saturated heterocycles. The van der Waals surface area contributed by atoms with Gasteiger partial charge in [0, 0.05) is 12.3 Å². The number of aromatic nitrogens is 1. The average Bonchev–Trinajstić information content (AvgIpc) is 3.33. The van der Waals surface area contributed by atoms with Crippen molar-refractivity contribution in [3.63, 3.8) is 0 Å². The van der Waals surface area contributed by atoms with E-state index in [2.05, 4.69) is 68.4 Å². The van der Waals surface area contributed by atoms with E-state index in [9.17, 15) is 0 Å². The highest BCUT2D eigenvalue weighted by molar-refractivity contribution is 5.28. The molecule has 35 heavy (non-hydrogen) atoms. The van der Waals surface area contributed by atoms with E-state index in [1.54, 1.807) is 0 Å². The Kier molecular flexibility index (Phi) is 7.88. The molecule has 186 valence electrons. The summed E-state index contributed by atoms with van der Waals surface area (Å²) >= 11 is 0. The molecule has 2 fully saturated rings. The Morgan fingerprint density at radius 1 is 1.03 bits per heavy atom. The highest BCUT2D eigenvalue weighted by Crippen LogP contribution is 2.40. The summed E-state index contributed by atoms with van der Waals surface area (Å²) in [6.45, 7) is 7.46. The number of nitrogens with zero attached hydrogens (tertiary/aromatic N) is 1. The molecule has 0 bridgehead atoms. The van der Waals surface area contributed by atoms with Gasteiger partial charge >= 0.3 is 0 Å². The van der Waals surface area contributed by atoms with Crippen molar-refractivity contribution in [3.05, 3.63) is 83.6 Å². The predicted molar refractivity (Wildman–Crippen MR) is 140 cm³/mol.